The third-order valence-corrected chi connectivity index (χ3v) is 3.94. The van der Waals surface area contributed by atoms with E-state index in [2.05, 4.69) is 4.72 Å². The largest absolute Gasteiger partial charge is 0.598 e. The highest BCUT2D eigenvalue weighted by Crippen LogP contribution is 2.21. The maximum atomic E-state index is 12.0. The van der Waals surface area contributed by atoms with Gasteiger partial charge in [-0.25, -0.2) is 4.79 Å². The molecular formula is C13H16N2O3S. The van der Waals surface area contributed by atoms with E-state index >= 15 is 0 Å². The van der Waals surface area contributed by atoms with Crippen LogP contribution < -0.4 is 4.72 Å². The molecule has 0 aromatic heterocycles. The van der Waals surface area contributed by atoms with Crippen molar-refractivity contribution in [1.82, 2.24) is 4.72 Å². The summed E-state index contributed by atoms with van der Waals surface area (Å²) >= 11 is -1.51. The van der Waals surface area contributed by atoms with Gasteiger partial charge in [0.2, 0.25) is 0 Å². The van der Waals surface area contributed by atoms with Crippen LogP contribution in [0, 0.1) is 11.3 Å². The van der Waals surface area contributed by atoms with Crippen molar-refractivity contribution < 1.29 is 14.5 Å². The molecule has 1 aromatic rings. The molecule has 0 aliphatic carbocycles. The lowest BCUT2D eigenvalue weighted by atomic mass is 10.1. The fourth-order valence-electron chi connectivity index (χ4n) is 1.33. The number of carbonyl (C=O) groups is 1. The van der Waals surface area contributed by atoms with Crippen molar-refractivity contribution in [1.29, 1.82) is 5.26 Å². The van der Waals surface area contributed by atoms with E-state index < -0.39 is 28.1 Å². The summed E-state index contributed by atoms with van der Waals surface area (Å²) in [6.45, 7) is 5.25. The molecule has 5 nitrogen and oxygen atoms in total. The number of nitrogens with zero attached hydrogens (tertiary/aromatic N) is 1. The van der Waals surface area contributed by atoms with Gasteiger partial charge in [0.15, 0.2) is 6.04 Å². The lowest BCUT2D eigenvalue weighted by Gasteiger charge is -2.26. The van der Waals surface area contributed by atoms with Gasteiger partial charge in [-0.3, -0.25) is 0 Å². The van der Waals surface area contributed by atoms with Crippen molar-refractivity contribution in [3.05, 3.63) is 35.4 Å². The summed E-state index contributed by atoms with van der Waals surface area (Å²) in [6, 6.07) is 7.10. The minimum absolute atomic E-state index is 0.368. The average molecular weight is 280 g/mol. The first-order valence-electron chi connectivity index (χ1n) is 5.66. The Morgan fingerprint density at radius 1 is 1.53 bits per heavy atom. The van der Waals surface area contributed by atoms with Crippen LogP contribution in [0.3, 0.4) is 0 Å². The number of nitrogens with one attached hydrogen (secondary N) is 1. The molecule has 19 heavy (non-hydrogen) atoms. The minimum atomic E-state index is -1.51. The van der Waals surface area contributed by atoms with Crippen LogP contribution >= 0.6 is 0 Å². The summed E-state index contributed by atoms with van der Waals surface area (Å²) in [6.07, 6.45) is 0. The Kier molecular flexibility index (Phi) is 4.95. The van der Waals surface area contributed by atoms with E-state index in [0.29, 0.717) is 11.1 Å². The van der Waals surface area contributed by atoms with Gasteiger partial charge < -0.3 is 9.66 Å². The zero-order valence-corrected chi connectivity index (χ0v) is 11.8. The highest BCUT2D eigenvalue weighted by atomic mass is 32.2. The van der Waals surface area contributed by atoms with E-state index in [4.69, 9.17) is 5.26 Å². The lowest BCUT2D eigenvalue weighted by molar-refractivity contribution is -0.139. The van der Waals surface area contributed by atoms with Crippen LogP contribution in [0.25, 0.3) is 0 Å². The summed E-state index contributed by atoms with van der Waals surface area (Å²) < 4.78 is 14.0. The predicted molar refractivity (Wildman–Crippen MR) is 72.6 cm³/mol. The second kappa shape index (κ2) is 6.06. The van der Waals surface area contributed by atoms with E-state index in [-0.39, 0.29) is 0 Å². The molecule has 0 saturated heterocycles. The first-order chi connectivity index (χ1) is 8.75. The second-order valence-electron chi connectivity index (χ2n) is 5.01. The van der Waals surface area contributed by atoms with Crippen LogP contribution in [0.1, 0.15) is 37.9 Å². The Labute approximate surface area is 115 Å². The predicted octanol–water partition coefficient (Wildman–Crippen LogP) is 1.74. The molecule has 1 aromatic carbocycles. The zero-order valence-electron chi connectivity index (χ0n) is 11.0. The normalized spacial score (nSPS) is 14.5. The quantitative estimate of drug-likeness (QED) is 0.819. The van der Waals surface area contributed by atoms with Crippen LogP contribution in [-0.4, -0.2) is 20.4 Å². The molecule has 102 valence electrons. The van der Waals surface area contributed by atoms with Gasteiger partial charge in [0.25, 0.3) is 0 Å². The van der Waals surface area contributed by atoms with Crippen LogP contribution in [0.2, 0.25) is 0 Å². The monoisotopic (exact) mass is 280 g/mol. The van der Waals surface area contributed by atoms with Crippen molar-refractivity contribution in [3.8, 4) is 6.07 Å². The molecule has 0 bridgehead atoms. The summed E-state index contributed by atoms with van der Waals surface area (Å²) in [7, 11) is 0. The molecule has 0 unspecified atom stereocenters. The van der Waals surface area contributed by atoms with Crippen molar-refractivity contribution >= 4 is 17.3 Å². The van der Waals surface area contributed by atoms with Gasteiger partial charge in [0.05, 0.1) is 11.6 Å². The maximum absolute atomic E-state index is 12.0. The molecule has 0 heterocycles. The Hall–Kier alpha value is -1.55. The standard InChI is InChI=1S/C13H16N2O3S/c1-13(2,3)19(18)15-11(12(16)17)10-6-4-5-9(7-10)8-14/h4-7,11,15H,1-3H3,(H,16,17)/t11-,19-/m0/s1. The number of nitriles is 1. The van der Waals surface area contributed by atoms with Gasteiger partial charge in [-0.05, 0) is 38.5 Å². The fourth-order valence-corrected chi connectivity index (χ4v) is 2.14. The first kappa shape index (κ1) is 15.5. The van der Waals surface area contributed by atoms with Crippen molar-refractivity contribution in [2.24, 2.45) is 0 Å². The van der Waals surface area contributed by atoms with Gasteiger partial charge in [-0.15, -0.1) is 4.72 Å². The molecular weight excluding hydrogens is 264 g/mol. The summed E-state index contributed by atoms with van der Waals surface area (Å²) in [5, 5.41) is 18.0. The molecule has 2 atom stereocenters. The summed E-state index contributed by atoms with van der Waals surface area (Å²) in [5.41, 5.74) is 0.774. The molecule has 0 radical (unpaired) electrons. The van der Waals surface area contributed by atoms with Gasteiger partial charge in [-0.1, -0.05) is 12.1 Å². The molecule has 1 rings (SSSR count). The SMILES string of the molecule is CC(C)(C)[S@+]([O-])N[C@H](C(=O)O)c1cccc(C#N)c1. The zero-order chi connectivity index (χ0) is 14.6. The Morgan fingerprint density at radius 2 is 2.16 bits per heavy atom. The molecule has 0 aliphatic heterocycles. The minimum Gasteiger partial charge on any atom is -0.598 e. The van der Waals surface area contributed by atoms with E-state index in [1.54, 1.807) is 39.0 Å². The molecule has 0 spiro atoms. The van der Waals surface area contributed by atoms with Gasteiger partial charge in [0.1, 0.15) is 4.75 Å². The third kappa shape index (κ3) is 4.24. The molecule has 0 saturated carbocycles. The number of aliphatic carboxylic acids is 1. The highest BCUT2D eigenvalue weighted by molar-refractivity contribution is 7.90. The average Bonchev–Trinajstić information content (AvgIpc) is 2.34. The maximum Gasteiger partial charge on any atom is 0.329 e. The molecule has 0 fully saturated rings. The lowest BCUT2D eigenvalue weighted by Crippen LogP contribution is -2.43. The highest BCUT2D eigenvalue weighted by Gasteiger charge is 2.33. The van der Waals surface area contributed by atoms with Crippen LogP contribution in [0.4, 0.5) is 0 Å². The van der Waals surface area contributed by atoms with Gasteiger partial charge >= 0.3 is 5.97 Å². The molecule has 2 N–H and O–H groups in total. The van der Waals surface area contributed by atoms with Gasteiger partial charge in [0, 0.05) is 11.4 Å². The number of carboxylic acid groups (broad SMARTS) is 1. The molecule has 6 heteroatoms. The molecule has 0 amide bonds. The number of carboxylic acids is 1. The van der Waals surface area contributed by atoms with Gasteiger partial charge in [-0.2, -0.15) is 5.26 Å². The van der Waals surface area contributed by atoms with Crippen molar-refractivity contribution in [2.45, 2.75) is 31.6 Å². The number of hydrogen-bond donors (Lipinski definition) is 2. The van der Waals surface area contributed by atoms with Crippen molar-refractivity contribution in [2.75, 3.05) is 0 Å². The smallest absolute Gasteiger partial charge is 0.329 e. The van der Waals surface area contributed by atoms with Crippen LogP contribution in [-0.2, 0) is 16.2 Å². The van der Waals surface area contributed by atoms with Crippen LogP contribution in [0.15, 0.2) is 24.3 Å². The Bertz CT molecular complexity index is 505. The summed E-state index contributed by atoms with van der Waals surface area (Å²) in [4.78, 5) is 11.3. The van der Waals surface area contributed by atoms with E-state index in [9.17, 15) is 14.5 Å². The molecule has 0 aliphatic rings. The van der Waals surface area contributed by atoms with Crippen molar-refractivity contribution in [3.63, 3.8) is 0 Å². The van der Waals surface area contributed by atoms with E-state index in [1.165, 1.54) is 6.07 Å². The second-order valence-corrected chi connectivity index (χ2v) is 7.01. The number of rotatable bonds is 4. The Balaban J connectivity index is 3.02. The third-order valence-electron chi connectivity index (χ3n) is 2.38. The summed E-state index contributed by atoms with van der Waals surface area (Å²) in [5.74, 6) is -1.13. The topological polar surface area (TPSA) is 96.2 Å². The van der Waals surface area contributed by atoms with Crippen LogP contribution in [0.5, 0.6) is 0 Å². The Morgan fingerprint density at radius 3 is 2.63 bits per heavy atom. The first-order valence-corrected chi connectivity index (χ1v) is 6.81. The number of hydrogen-bond acceptors (Lipinski definition) is 4. The number of benzene rings is 1. The van der Waals surface area contributed by atoms with E-state index in [0.717, 1.165) is 0 Å². The fraction of sp³-hybridized carbons (Fsp3) is 0.385. The van der Waals surface area contributed by atoms with E-state index in [1.807, 2.05) is 6.07 Å².